The number of rotatable bonds is 4. The van der Waals surface area contributed by atoms with Gasteiger partial charge in [-0.15, -0.1) is 6.58 Å². The first-order valence-corrected chi connectivity index (χ1v) is 7.20. The molecule has 0 saturated carbocycles. The van der Waals surface area contributed by atoms with E-state index in [1.54, 1.807) is 24.8 Å². The van der Waals surface area contributed by atoms with Crippen LogP contribution < -0.4 is 10.2 Å². The van der Waals surface area contributed by atoms with Crippen LogP contribution in [0.2, 0.25) is 0 Å². The van der Waals surface area contributed by atoms with Crippen LogP contribution in [0.15, 0.2) is 36.9 Å². The van der Waals surface area contributed by atoms with Crippen LogP contribution in [0.4, 0.5) is 5.69 Å². The fraction of sp³-hybridized carbons (Fsp3) is 0.412. The van der Waals surface area contributed by atoms with Gasteiger partial charge in [0.15, 0.2) is 0 Å². The van der Waals surface area contributed by atoms with Gasteiger partial charge in [0, 0.05) is 18.3 Å². The number of nitrogens with one attached hydrogen (secondary N) is 1. The molecule has 112 valence electrons. The van der Waals surface area contributed by atoms with Crippen molar-refractivity contribution in [2.75, 3.05) is 11.4 Å². The first-order valence-electron chi connectivity index (χ1n) is 7.20. The molecular formula is C17H22N2O2. The predicted octanol–water partition coefficient (Wildman–Crippen LogP) is 2.29. The summed E-state index contributed by atoms with van der Waals surface area (Å²) in [6.07, 6.45) is 2.43. The molecule has 0 aliphatic carbocycles. The van der Waals surface area contributed by atoms with Gasteiger partial charge < -0.3 is 10.2 Å². The minimum atomic E-state index is -1.10. The number of para-hydroxylation sites is 1. The minimum absolute atomic E-state index is 0.0707. The van der Waals surface area contributed by atoms with E-state index in [1.807, 2.05) is 31.2 Å². The summed E-state index contributed by atoms with van der Waals surface area (Å²) in [7, 11) is 0. The molecule has 0 aromatic heterocycles. The zero-order chi connectivity index (χ0) is 15.6. The van der Waals surface area contributed by atoms with Crippen LogP contribution in [0.3, 0.4) is 0 Å². The number of hydrogen-bond donors (Lipinski definition) is 1. The minimum Gasteiger partial charge on any atom is -0.352 e. The van der Waals surface area contributed by atoms with E-state index in [0.717, 1.165) is 17.7 Å². The van der Waals surface area contributed by atoms with Crippen LogP contribution in [0.1, 0.15) is 26.3 Å². The first-order chi connectivity index (χ1) is 9.89. The number of hydrogen-bond acceptors (Lipinski definition) is 2. The summed E-state index contributed by atoms with van der Waals surface area (Å²) in [5.74, 6) is -0.439. The number of amides is 2. The Balaban J connectivity index is 2.27. The van der Waals surface area contributed by atoms with Crippen molar-refractivity contribution in [3.05, 3.63) is 42.5 Å². The van der Waals surface area contributed by atoms with E-state index in [1.165, 1.54) is 0 Å². The molecule has 0 spiro atoms. The van der Waals surface area contributed by atoms with Crippen molar-refractivity contribution in [1.29, 1.82) is 0 Å². The Bertz CT molecular complexity index is 578. The Morgan fingerprint density at radius 3 is 2.76 bits per heavy atom. The Labute approximate surface area is 125 Å². The maximum atomic E-state index is 12.9. The van der Waals surface area contributed by atoms with Crippen molar-refractivity contribution in [3.8, 4) is 0 Å². The third-order valence-corrected chi connectivity index (χ3v) is 3.94. The predicted molar refractivity (Wildman–Crippen MR) is 84.1 cm³/mol. The van der Waals surface area contributed by atoms with Gasteiger partial charge in [-0.1, -0.05) is 24.3 Å². The zero-order valence-electron chi connectivity index (χ0n) is 12.8. The number of anilines is 1. The van der Waals surface area contributed by atoms with Crippen molar-refractivity contribution in [3.63, 3.8) is 0 Å². The summed E-state index contributed by atoms with van der Waals surface area (Å²) >= 11 is 0. The molecule has 1 aromatic rings. The van der Waals surface area contributed by atoms with E-state index in [2.05, 4.69) is 11.9 Å². The van der Waals surface area contributed by atoms with Crippen LogP contribution in [0.25, 0.3) is 0 Å². The fourth-order valence-corrected chi connectivity index (χ4v) is 2.66. The summed E-state index contributed by atoms with van der Waals surface area (Å²) in [5.41, 5.74) is 0.967. The molecule has 1 atom stereocenters. The monoisotopic (exact) mass is 286 g/mol. The third-order valence-electron chi connectivity index (χ3n) is 3.94. The lowest BCUT2D eigenvalue weighted by atomic mass is 9.89. The van der Waals surface area contributed by atoms with Gasteiger partial charge >= 0.3 is 0 Å². The average Bonchev–Trinajstić information content (AvgIpc) is 2.79. The summed E-state index contributed by atoms with van der Waals surface area (Å²) in [6.45, 7) is 9.28. The molecule has 1 aliphatic rings. The molecule has 4 heteroatoms. The highest BCUT2D eigenvalue weighted by Crippen LogP contribution is 2.35. The van der Waals surface area contributed by atoms with Crippen molar-refractivity contribution >= 4 is 17.5 Å². The summed E-state index contributed by atoms with van der Waals surface area (Å²) < 4.78 is 0. The molecule has 4 nitrogen and oxygen atoms in total. The van der Waals surface area contributed by atoms with Gasteiger partial charge in [0.1, 0.15) is 5.41 Å². The van der Waals surface area contributed by atoms with Gasteiger partial charge in [-0.3, -0.25) is 9.59 Å². The number of benzene rings is 1. The number of fused-ring (bicyclic) bond motifs is 1. The van der Waals surface area contributed by atoms with E-state index >= 15 is 0 Å². The second kappa shape index (κ2) is 5.72. The zero-order valence-corrected chi connectivity index (χ0v) is 12.8. The Morgan fingerprint density at radius 1 is 1.43 bits per heavy atom. The van der Waals surface area contributed by atoms with Gasteiger partial charge in [-0.25, -0.2) is 0 Å². The van der Waals surface area contributed by atoms with E-state index in [0.29, 0.717) is 6.54 Å². The molecular weight excluding hydrogens is 264 g/mol. The number of nitrogens with zero attached hydrogens (tertiary/aromatic N) is 1. The molecule has 1 unspecified atom stereocenters. The molecule has 1 aromatic carbocycles. The highest BCUT2D eigenvalue weighted by molar-refractivity contribution is 6.12. The second-order valence-corrected chi connectivity index (χ2v) is 5.98. The first kappa shape index (κ1) is 15.3. The number of carbonyl (C=O) groups excluding carboxylic acids is 2. The largest absolute Gasteiger partial charge is 0.352 e. The molecule has 2 rings (SSSR count). The van der Waals surface area contributed by atoms with Crippen molar-refractivity contribution in [2.24, 2.45) is 5.41 Å². The van der Waals surface area contributed by atoms with E-state index < -0.39 is 5.41 Å². The smallest absolute Gasteiger partial charge is 0.242 e. The standard InChI is InChI=1S/C17H22N2O2/c1-5-10-18-15(20)17(3,4)16(21)19-12(2)11-13-8-6-7-9-14(13)19/h5-9,12H,1,10-11H2,2-4H3,(H,18,20). The molecule has 0 radical (unpaired) electrons. The highest BCUT2D eigenvalue weighted by atomic mass is 16.2. The van der Waals surface area contributed by atoms with Crippen molar-refractivity contribution in [1.82, 2.24) is 5.32 Å². The third kappa shape index (κ3) is 2.71. The molecule has 1 N–H and O–H groups in total. The Kier molecular flexibility index (Phi) is 4.16. The topological polar surface area (TPSA) is 49.4 Å². The van der Waals surface area contributed by atoms with Crippen LogP contribution >= 0.6 is 0 Å². The van der Waals surface area contributed by atoms with E-state index in [9.17, 15) is 9.59 Å². The van der Waals surface area contributed by atoms with Crippen molar-refractivity contribution in [2.45, 2.75) is 33.2 Å². The molecule has 2 amide bonds. The summed E-state index contributed by atoms with van der Waals surface area (Å²) in [6, 6.07) is 7.93. The highest BCUT2D eigenvalue weighted by Gasteiger charge is 2.43. The Hall–Kier alpha value is -2.10. The van der Waals surface area contributed by atoms with Crippen LogP contribution in [0, 0.1) is 5.41 Å². The molecule has 0 fully saturated rings. The lowest BCUT2D eigenvalue weighted by Gasteiger charge is -2.31. The lowest BCUT2D eigenvalue weighted by Crippen LogP contribution is -2.51. The van der Waals surface area contributed by atoms with E-state index in [-0.39, 0.29) is 17.9 Å². The average molecular weight is 286 g/mol. The Morgan fingerprint density at radius 2 is 2.10 bits per heavy atom. The van der Waals surface area contributed by atoms with Gasteiger partial charge in [0.2, 0.25) is 11.8 Å². The lowest BCUT2D eigenvalue weighted by molar-refractivity contribution is -0.139. The van der Waals surface area contributed by atoms with Crippen molar-refractivity contribution < 1.29 is 9.59 Å². The number of carbonyl (C=O) groups is 2. The summed E-state index contributed by atoms with van der Waals surface area (Å²) in [4.78, 5) is 26.9. The second-order valence-electron chi connectivity index (χ2n) is 5.98. The fourth-order valence-electron chi connectivity index (χ4n) is 2.66. The van der Waals surface area contributed by atoms with E-state index in [4.69, 9.17) is 0 Å². The van der Waals surface area contributed by atoms with Gasteiger partial charge in [-0.2, -0.15) is 0 Å². The van der Waals surface area contributed by atoms with Gasteiger partial charge in [-0.05, 0) is 38.8 Å². The normalized spacial score (nSPS) is 17.3. The maximum absolute atomic E-state index is 12.9. The van der Waals surface area contributed by atoms with Crippen LogP contribution in [0.5, 0.6) is 0 Å². The molecule has 21 heavy (non-hydrogen) atoms. The molecule has 0 bridgehead atoms. The van der Waals surface area contributed by atoms with Crippen LogP contribution in [-0.2, 0) is 16.0 Å². The van der Waals surface area contributed by atoms with Crippen LogP contribution in [-0.4, -0.2) is 24.4 Å². The quantitative estimate of drug-likeness (QED) is 0.682. The molecule has 1 aliphatic heterocycles. The van der Waals surface area contributed by atoms with Gasteiger partial charge in [0.25, 0.3) is 0 Å². The molecule has 1 heterocycles. The SMILES string of the molecule is C=CCNC(=O)C(C)(C)C(=O)N1c2ccccc2CC1C. The van der Waals surface area contributed by atoms with Gasteiger partial charge in [0.05, 0.1) is 0 Å². The molecule has 0 saturated heterocycles. The maximum Gasteiger partial charge on any atom is 0.242 e. The summed E-state index contributed by atoms with van der Waals surface area (Å²) in [5, 5.41) is 2.71.